The number of benzene rings is 4. The smallest absolute Gasteiger partial charge is 0.00198 e. The van der Waals surface area contributed by atoms with Gasteiger partial charge in [0.25, 0.3) is 0 Å². The molecule has 0 N–H and O–H groups in total. The zero-order valence-corrected chi connectivity index (χ0v) is 14.3. The van der Waals surface area contributed by atoms with Gasteiger partial charge >= 0.3 is 0 Å². The topological polar surface area (TPSA) is 0 Å². The highest BCUT2D eigenvalue weighted by atomic mass is 14.0. The van der Waals surface area contributed by atoms with E-state index < -0.39 is 0 Å². The Balaban J connectivity index is 0.000000157. The average molecular weight is 322 g/mol. The van der Waals surface area contributed by atoms with Crippen molar-refractivity contribution in [2.75, 3.05) is 0 Å². The summed E-state index contributed by atoms with van der Waals surface area (Å²) in [6.45, 7) is 3.83. The standard InChI is InChI=1S/C15H14.C10H8/c1-2-14-10-6-7-11-15(14)12-13-8-4-3-5-9-13;1-2-6-10-8-4-3-7-9(10)5-1/h2-11H,1,12H2;1-8H. The van der Waals surface area contributed by atoms with Crippen molar-refractivity contribution in [2.45, 2.75) is 6.42 Å². The van der Waals surface area contributed by atoms with Crippen LogP contribution < -0.4 is 0 Å². The number of fused-ring (bicyclic) bond motifs is 1. The van der Waals surface area contributed by atoms with Crippen molar-refractivity contribution in [3.8, 4) is 0 Å². The van der Waals surface area contributed by atoms with Gasteiger partial charge in [0, 0.05) is 0 Å². The highest BCUT2D eigenvalue weighted by Gasteiger charge is 1.99. The SMILES string of the molecule is C=Cc1ccccc1Cc1ccccc1.c1ccc2ccccc2c1. The minimum absolute atomic E-state index is 0.975. The molecule has 0 spiro atoms. The summed E-state index contributed by atoms with van der Waals surface area (Å²) in [7, 11) is 0. The lowest BCUT2D eigenvalue weighted by molar-refractivity contribution is 1.19. The predicted molar refractivity (Wildman–Crippen MR) is 110 cm³/mol. The fraction of sp³-hybridized carbons (Fsp3) is 0.0400. The molecule has 4 rings (SSSR count). The quantitative estimate of drug-likeness (QED) is 0.391. The summed E-state index contributed by atoms with van der Waals surface area (Å²) >= 11 is 0. The second-order valence-electron chi connectivity index (χ2n) is 5.91. The van der Waals surface area contributed by atoms with Crippen LogP contribution in [0.25, 0.3) is 16.8 Å². The Kier molecular flexibility index (Phi) is 5.79. The van der Waals surface area contributed by atoms with Crippen molar-refractivity contribution < 1.29 is 0 Å². The van der Waals surface area contributed by atoms with Crippen LogP contribution in [0, 0.1) is 0 Å². The first-order chi connectivity index (χ1) is 12.4. The van der Waals surface area contributed by atoms with E-state index in [0.717, 1.165) is 6.42 Å². The van der Waals surface area contributed by atoms with E-state index >= 15 is 0 Å². The molecule has 4 aromatic rings. The van der Waals surface area contributed by atoms with E-state index in [-0.39, 0.29) is 0 Å². The molecule has 0 bridgehead atoms. The molecule has 0 aliphatic carbocycles. The van der Waals surface area contributed by atoms with Crippen LogP contribution in [0.3, 0.4) is 0 Å². The van der Waals surface area contributed by atoms with Gasteiger partial charge < -0.3 is 0 Å². The Labute approximate surface area is 150 Å². The van der Waals surface area contributed by atoms with Gasteiger partial charge in [-0.3, -0.25) is 0 Å². The van der Waals surface area contributed by atoms with Gasteiger partial charge in [-0.2, -0.15) is 0 Å². The maximum absolute atomic E-state index is 3.83. The predicted octanol–water partition coefficient (Wildman–Crippen LogP) is 6.76. The summed E-state index contributed by atoms with van der Waals surface area (Å²) in [4.78, 5) is 0. The second-order valence-corrected chi connectivity index (χ2v) is 5.91. The minimum Gasteiger partial charge on any atom is -0.0985 e. The zero-order valence-electron chi connectivity index (χ0n) is 14.3. The lowest BCUT2D eigenvalue weighted by atomic mass is 10.00. The van der Waals surface area contributed by atoms with Gasteiger partial charge in [-0.05, 0) is 33.9 Å². The molecule has 0 saturated carbocycles. The molecular weight excluding hydrogens is 300 g/mol. The number of rotatable bonds is 3. The number of hydrogen-bond donors (Lipinski definition) is 0. The van der Waals surface area contributed by atoms with Gasteiger partial charge in [0.2, 0.25) is 0 Å². The molecule has 122 valence electrons. The van der Waals surface area contributed by atoms with Crippen LogP contribution in [-0.4, -0.2) is 0 Å². The van der Waals surface area contributed by atoms with Crippen molar-refractivity contribution in [3.05, 3.63) is 126 Å². The average Bonchev–Trinajstić information content (AvgIpc) is 2.70. The molecule has 0 heteroatoms. The van der Waals surface area contributed by atoms with Crippen LogP contribution in [0.2, 0.25) is 0 Å². The third-order valence-corrected chi connectivity index (χ3v) is 4.17. The van der Waals surface area contributed by atoms with Crippen molar-refractivity contribution in [2.24, 2.45) is 0 Å². The molecule has 0 heterocycles. The van der Waals surface area contributed by atoms with E-state index in [2.05, 4.69) is 97.6 Å². The molecule has 0 aliphatic rings. The van der Waals surface area contributed by atoms with Crippen molar-refractivity contribution in [1.82, 2.24) is 0 Å². The zero-order chi connectivity index (χ0) is 17.3. The molecule has 0 saturated heterocycles. The molecule has 25 heavy (non-hydrogen) atoms. The van der Waals surface area contributed by atoms with Crippen LogP contribution in [0.15, 0.2) is 110 Å². The fourth-order valence-corrected chi connectivity index (χ4v) is 2.84. The third kappa shape index (κ3) is 4.68. The van der Waals surface area contributed by atoms with Crippen LogP contribution in [0.4, 0.5) is 0 Å². The first-order valence-corrected chi connectivity index (χ1v) is 8.55. The second kappa shape index (κ2) is 8.65. The molecule has 0 aromatic heterocycles. The van der Waals surface area contributed by atoms with Crippen molar-refractivity contribution in [3.63, 3.8) is 0 Å². The summed E-state index contributed by atoms with van der Waals surface area (Å²) < 4.78 is 0. The molecule has 0 nitrogen and oxygen atoms in total. The van der Waals surface area contributed by atoms with E-state index in [1.54, 1.807) is 0 Å². The Bertz CT molecular complexity index is 870. The van der Waals surface area contributed by atoms with Crippen LogP contribution in [-0.2, 0) is 6.42 Å². The molecule has 0 unspecified atom stereocenters. The Morgan fingerprint density at radius 3 is 1.60 bits per heavy atom. The highest BCUT2D eigenvalue weighted by molar-refractivity contribution is 5.82. The Morgan fingerprint density at radius 2 is 1.04 bits per heavy atom. The van der Waals surface area contributed by atoms with Crippen LogP contribution >= 0.6 is 0 Å². The monoisotopic (exact) mass is 322 g/mol. The maximum Gasteiger partial charge on any atom is -0.00198 e. The van der Waals surface area contributed by atoms with Gasteiger partial charge in [0.05, 0.1) is 0 Å². The first-order valence-electron chi connectivity index (χ1n) is 8.55. The van der Waals surface area contributed by atoms with E-state index in [0.29, 0.717) is 0 Å². The lowest BCUT2D eigenvalue weighted by Gasteiger charge is -2.05. The molecule has 0 fully saturated rings. The summed E-state index contributed by atoms with van der Waals surface area (Å²) in [5.41, 5.74) is 3.90. The number of hydrogen-bond acceptors (Lipinski definition) is 0. The summed E-state index contributed by atoms with van der Waals surface area (Å²) in [6.07, 6.45) is 2.89. The Hall–Kier alpha value is -3.12. The van der Waals surface area contributed by atoms with E-state index in [4.69, 9.17) is 0 Å². The molecule has 0 aliphatic heterocycles. The summed E-state index contributed by atoms with van der Waals surface area (Å²) in [5.74, 6) is 0. The molecule has 4 aromatic carbocycles. The largest absolute Gasteiger partial charge is 0.0985 e. The van der Waals surface area contributed by atoms with Crippen molar-refractivity contribution >= 4 is 16.8 Å². The normalized spacial score (nSPS) is 9.92. The molecule has 0 radical (unpaired) electrons. The fourth-order valence-electron chi connectivity index (χ4n) is 2.84. The maximum atomic E-state index is 3.83. The third-order valence-electron chi connectivity index (χ3n) is 4.17. The highest BCUT2D eigenvalue weighted by Crippen LogP contribution is 2.15. The van der Waals surface area contributed by atoms with E-state index in [9.17, 15) is 0 Å². The van der Waals surface area contributed by atoms with E-state index in [1.807, 2.05) is 18.2 Å². The van der Waals surface area contributed by atoms with Crippen LogP contribution in [0.1, 0.15) is 16.7 Å². The van der Waals surface area contributed by atoms with Crippen molar-refractivity contribution in [1.29, 1.82) is 0 Å². The molecular formula is C25H22. The van der Waals surface area contributed by atoms with Gasteiger partial charge in [-0.25, -0.2) is 0 Å². The van der Waals surface area contributed by atoms with Gasteiger partial charge in [-0.1, -0.05) is 116 Å². The van der Waals surface area contributed by atoms with Gasteiger partial charge in [0.1, 0.15) is 0 Å². The van der Waals surface area contributed by atoms with Crippen LogP contribution in [0.5, 0.6) is 0 Å². The summed E-state index contributed by atoms with van der Waals surface area (Å²) in [5, 5.41) is 2.62. The summed E-state index contributed by atoms with van der Waals surface area (Å²) in [6, 6.07) is 35.6. The molecule has 0 atom stereocenters. The van der Waals surface area contributed by atoms with Gasteiger partial charge in [0.15, 0.2) is 0 Å². The lowest BCUT2D eigenvalue weighted by Crippen LogP contribution is -1.90. The van der Waals surface area contributed by atoms with E-state index in [1.165, 1.54) is 27.5 Å². The Morgan fingerprint density at radius 1 is 0.560 bits per heavy atom. The minimum atomic E-state index is 0.975. The molecule has 0 amide bonds. The van der Waals surface area contributed by atoms with Gasteiger partial charge in [-0.15, -0.1) is 0 Å². The first kappa shape index (κ1) is 16.7.